The molecule has 1 aliphatic rings. The monoisotopic (exact) mass is 168 g/mol. The fraction of sp³-hybridized carbons (Fsp3) is 0.333. The lowest BCUT2D eigenvalue weighted by atomic mass is 10.0. The van der Waals surface area contributed by atoms with Crippen LogP contribution in [-0.2, 0) is 0 Å². The molecule has 0 aromatic heterocycles. The Hall–Kier alpha value is -1.09. The van der Waals surface area contributed by atoms with Gasteiger partial charge in [0.2, 0.25) is 0 Å². The van der Waals surface area contributed by atoms with Crippen LogP contribution in [0.25, 0.3) is 0 Å². The van der Waals surface area contributed by atoms with Crippen molar-refractivity contribution in [1.29, 1.82) is 0 Å². The van der Waals surface area contributed by atoms with Crippen LogP contribution in [0, 0.1) is 5.82 Å². The minimum atomic E-state index is -0.579. The molecule has 1 aromatic carbocycles. The van der Waals surface area contributed by atoms with Gasteiger partial charge in [-0.2, -0.15) is 0 Å². The molecule has 0 amide bonds. The number of aliphatic hydroxyl groups is 1. The van der Waals surface area contributed by atoms with Crippen LogP contribution in [-0.4, -0.2) is 11.7 Å². The van der Waals surface area contributed by atoms with Crippen molar-refractivity contribution in [2.45, 2.75) is 12.5 Å². The van der Waals surface area contributed by atoms with Crippen LogP contribution in [0.3, 0.4) is 0 Å². The number of fused-ring (bicyclic) bond motifs is 1. The third-order valence-electron chi connectivity index (χ3n) is 1.99. The second-order valence-electron chi connectivity index (χ2n) is 2.81. The molecule has 64 valence electrons. The summed E-state index contributed by atoms with van der Waals surface area (Å²) in [6.07, 6.45) is -0.0411. The normalized spacial score (nSPS) is 21.3. The van der Waals surface area contributed by atoms with Crippen molar-refractivity contribution in [1.82, 2.24) is 0 Å². The maximum atomic E-state index is 13.0. The Bertz CT molecular complexity index is 299. The quantitative estimate of drug-likeness (QED) is 0.638. The number of benzene rings is 1. The minimum absolute atomic E-state index is 0.205. The number of aliphatic hydroxyl groups excluding tert-OH is 1. The molecule has 1 aliphatic heterocycles. The molecule has 2 rings (SSSR count). The van der Waals surface area contributed by atoms with Gasteiger partial charge in [-0.25, -0.2) is 4.39 Å². The molecule has 1 heterocycles. The lowest BCUT2D eigenvalue weighted by molar-refractivity contribution is 0.112. The third-order valence-corrected chi connectivity index (χ3v) is 1.99. The van der Waals surface area contributed by atoms with Gasteiger partial charge in [0.25, 0.3) is 0 Å². The topological polar surface area (TPSA) is 29.5 Å². The Morgan fingerprint density at radius 1 is 1.50 bits per heavy atom. The van der Waals surface area contributed by atoms with Gasteiger partial charge in [0.15, 0.2) is 11.6 Å². The van der Waals surface area contributed by atoms with Gasteiger partial charge in [0, 0.05) is 12.0 Å². The number of hydrogen-bond acceptors (Lipinski definition) is 2. The fourth-order valence-corrected chi connectivity index (χ4v) is 1.37. The van der Waals surface area contributed by atoms with Crippen LogP contribution in [0.1, 0.15) is 18.1 Å². The molecule has 1 atom stereocenters. The molecule has 1 aromatic rings. The molecule has 0 unspecified atom stereocenters. The van der Waals surface area contributed by atoms with Crippen molar-refractivity contribution in [3.05, 3.63) is 29.6 Å². The lowest BCUT2D eigenvalue weighted by Gasteiger charge is -2.21. The number of ether oxygens (including phenoxy) is 1. The molecular weight excluding hydrogens is 159 g/mol. The molecule has 12 heavy (non-hydrogen) atoms. The van der Waals surface area contributed by atoms with E-state index in [2.05, 4.69) is 0 Å². The Kier molecular flexibility index (Phi) is 1.73. The van der Waals surface area contributed by atoms with Gasteiger partial charge < -0.3 is 9.84 Å². The second kappa shape index (κ2) is 2.75. The van der Waals surface area contributed by atoms with Crippen molar-refractivity contribution >= 4 is 0 Å². The summed E-state index contributed by atoms with van der Waals surface area (Å²) in [6, 6.07) is 4.59. The van der Waals surface area contributed by atoms with Crippen molar-refractivity contribution in [2.75, 3.05) is 6.61 Å². The molecule has 0 bridgehead atoms. The molecule has 2 nitrogen and oxygen atoms in total. The van der Waals surface area contributed by atoms with Gasteiger partial charge in [-0.15, -0.1) is 0 Å². The zero-order chi connectivity index (χ0) is 8.55. The predicted molar refractivity (Wildman–Crippen MR) is 41.5 cm³/mol. The summed E-state index contributed by atoms with van der Waals surface area (Å²) in [7, 11) is 0. The van der Waals surface area contributed by atoms with E-state index in [0.717, 1.165) is 0 Å². The first-order valence-electron chi connectivity index (χ1n) is 3.88. The Morgan fingerprint density at radius 3 is 3.08 bits per heavy atom. The van der Waals surface area contributed by atoms with E-state index in [1.807, 2.05) is 0 Å². The van der Waals surface area contributed by atoms with Crippen LogP contribution in [0.15, 0.2) is 18.2 Å². The van der Waals surface area contributed by atoms with Crippen molar-refractivity contribution in [3.8, 4) is 5.75 Å². The smallest absolute Gasteiger partial charge is 0.165 e. The van der Waals surface area contributed by atoms with Gasteiger partial charge in [0.05, 0.1) is 12.7 Å². The minimum Gasteiger partial charge on any atom is -0.490 e. The summed E-state index contributed by atoms with van der Waals surface area (Å²) in [5, 5.41) is 9.44. The van der Waals surface area contributed by atoms with Crippen molar-refractivity contribution in [2.24, 2.45) is 0 Å². The van der Waals surface area contributed by atoms with Crippen LogP contribution >= 0.6 is 0 Å². The Labute approximate surface area is 69.6 Å². The summed E-state index contributed by atoms with van der Waals surface area (Å²) in [4.78, 5) is 0. The van der Waals surface area contributed by atoms with E-state index in [-0.39, 0.29) is 5.75 Å². The first-order valence-corrected chi connectivity index (χ1v) is 3.88. The number of rotatable bonds is 0. The summed E-state index contributed by atoms with van der Waals surface area (Å²) < 4.78 is 18.1. The first kappa shape index (κ1) is 7.55. The maximum absolute atomic E-state index is 13.0. The summed E-state index contributed by atoms with van der Waals surface area (Å²) >= 11 is 0. The molecule has 0 saturated carbocycles. The average Bonchev–Trinajstić information content (AvgIpc) is 2.07. The maximum Gasteiger partial charge on any atom is 0.165 e. The van der Waals surface area contributed by atoms with E-state index in [1.165, 1.54) is 6.07 Å². The molecule has 3 heteroatoms. The van der Waals surface area contributed by atoms with Gasteiger partial charge in [0.1, 0.15) is 0 Å². The molecule has 1 N–H and O–H groups in total. The summed E-state index contributed by atoms with van der Waals surface area (Å²) in [5.74, 6) is -0.192. The highest BCUT2D eigenvalue weighted by molar-refractivity contribution is 5.37. The standard InChI is InChI=1S/C9H9FO2/c10-7-3-1-2-6-8(11)4-5-12-9(6)7/h1-3,8,11H,4-5H2/t8-/m0/s1. The molecule has 0 aliphatic carbocycles. The Morgan fingerprint density at radius 2 is 2.33 bits per heavy atom. The molecule has 0 spiro atoms. The lowest BCUT2D eigenvalue weighted by Crippen LogP contribution is -2.14. The number of para-hydroxylation sites is 1. The van der Waals surface area contributed by atoms with E-state index in [1.54, 1.807) is 12.1 Å². The van der Waals surface area contributed by atoms with Gasteiger partial charge in [-0.05, 0) is 6.07 Å². The number of hydrogen-bond donors (Lipinski definition) is 1. The average molecular weight is 168 g/mol. The van der Waals surface area contributed by atoms with Crippen molar-refractivity contribution < 1.29 is 14.2 Å². The van der Waals surface area contributed by atoms with E-state index in [9.17, 15) is 9.50 Å². The summed E-state index contributed by atoms with van der Waals surface area (Å²) in [6.45, 7) is 0.384. The van der Waals surface area contributed by atoms with E-state index < -0.39 is 11.9 Å². The van der Waals surface area contributed by atoms with Crippen LogP contribution in [0.4, 0.5) is 4.39 Å². The van der Waals surface area contributed by atoms with Crippen LogP contribution in [0.5, 0.6) is 5.75 Å². The Balaban J connectivity index is 2.52. The molecule has 0 saturated heterocycles. The van der Waals surface area contributed by atoms with Crippen molar-refractivity contribution in [3.63, 3.8) is 0 Å². The van der Waals surface area contributed by atoms with Gasteiger partial charge in [-0.1, -0.05) is 12.1 Å². The fourth-order valence-electron chi connectivity index (χ4n) is 1.37. The molecular formula is C9H9FO2. The first-order chi connectivity index (χ1) is 5.79. The van der Waals surface area contributed by atoms with Gasteiger partial charge in [-0.3, -0.25) is 0 Å². The van der Waals surface area contributed by atoms with Gasteiger partial charge >= 0.3 is 0 Å². The largest absolute Gasteiger partial charge is 0.490 e. The zero-order valence-corrected chi connectivity index (χ0v) is 6.46. The van der Waals surface area contributed by atoms with E-state index in [4.69, 9.17) is 4.74 Å². The van der Waals surface area contributed by atoms with Crippen LogP contribution in [0.2, 0.25) is 0 Å². The second-order valence-corrected chi connectivity index (χ2v) is 2.81. The SMILES string of the molecule is O[C@H]1CCOc2c(F)cccc21. The highest BCUT2D eigenvalue weighted by atomic mass is 19.1. The number of halogens is 1. The zero-order valence-electron chi connectivity index (χ0n) is 6.46. The molecule has 0 fully saturated rings. The van der Waals surface area contributed by atoms with E-state index in [0.29, 0.717) is 18.6 Å². The van der Waals surface area contributed by atoms with Crippen LogP contribution < -0.4 is 4.74 Å². The summed E-state index contributed by atoms with van der Waals surface area (Å²) in [5.41, 5.74) is 0.557. The predicted octanol–water partition coefficient (Wildman–Crippen LogP) is 1.64. The highest BCUT2D eigenvalue weighted by Gasteiger charge is 2.21. The molecule has 0 radical (unpaired) electrons. The van der Waals surface area contributed by atoms with E-state index >= 15 is 0 Å². The third kappa shape index (κ3) is 1.06. The highest BCUT2D eigenvalue weighted by Crippen LogP contribution is 2.33.